The van der Waals surface area contributed by atoms with Crippen LogP contribution in [-0.2, 0) is 14.3 Å². The molecule has 0 aliphatic carbocycles. The van der Waals surface area contributed by atoms with E-state index in [1.165, 1.54) is 13.2 Å². The summed E-state index contributed by atoms with van der Waals surface area (Å²) in [7, 11) is 1.35. The van der Waals surface area contributed by atoms with Gasteiger partial charge in [-0.05, 0) is 25.0 Å². The number of benzene rings is 1. The third kappa shape index (κ3) is 6.86. The van der Waals surface area contributed by atoms with E-state index in [2.05, 4.69) is 4.74 Å². The summed E-state index contributed by atoms with van der Waals surface area (Å²) < 4.78 is 10.3. The van der Waals surface area contributed by atoms with Crippen LogP contribution < -0.4 is 4.74 Å². The van der Waals surface area contributed by atoms with Crippen molar-refractivity contribution in [2.75, 3.05) is 26.8 Å². The summed E-state index contributed by atoms with van der Waals surface area (Å²) in [4.78, 5) is 25.3. The molecule has 0 aliphatic heterocycles. The summed E-state index contributed by atoms with van der Waals surface area (Å²) in [5, 5.41) is 0. The molecule has 0 saturated heterocycles. The van der Waals surface area contributed by atoms with Gasteiger partial charge in [-0.1, -0.05) is 32.0 Å². The predicted octanol–water partition coefficient (Wildman–Crippen LogP) is 3.29. The van der Waals surface area contributed by atoms with Crippen LogP contribution in [0.4, 0.5) is 0 Å². The number of para-hydroxylation sites is 1. The highest BCUT2D eigenvalue weighted by atomic mass is 16.5. The Hall–Kier alpha value is -2.30. The van der Waals surface area contributed by atoms with Gasteiger partial charge in [0.1, 0.15) is 5.75 Å². The number of hydrogen-bond donors (Lipinski definition) is 0. The highest BCUT2D eigenvalue weighted by Crippen LogP contribution is 2.19. The number of methoxy groups -OCH3 is 1. The summed E-state index contributed by atoms with van der Waals surface area (Å²) in [6, 6.07) is 7.61. The molecule has 5 heteroatoms. The average Bonchev–Trinajstić information content (AvgIpc) is 2.61. The lowest BCUT2D eigenvalue weighted by Crippen LogP contribution is -2.32. The first-order valence-electron chi connectivity index (χ1n) is 8.38. The molecule has 1 amide bonds. The maximum atomic E-state index is 12.4. The quantitative estimate of drug-likeness (QED) is 0.487. The van der Waals surface area contributed by atoms with Crippen molar-refractivity contribution >= 4 is 18.0 Å². The van der Waals surface area contributed by atoms with Crippen LogP contribution in [0, 0.1) is 0 Å². The van der Waals surface area contributed by atoms with Crippen LogP contribution in [0.1, 0.15) is 38.7 Å². The maximum Gasteiger partial charge on any atom is 0.307 e. The van der Waals surface area contributed by atoms with Crippen molar-refractivity contribution in [2.24, 2.45) is 0 Å². The Morgan fingerprint density at radius 2 is 1.88 bits per heavy atom. The molecule has 0 aliphatic rings. The van der Waals surface area contributed by atoms with Crippen LogP contribution >= 0.6 is 0 Å². The largest absolute Gasteiger partial charge is 0.493 e. The van der Waals surface area contributed by atoms with E-state index in [0.717, 1.165) is 24.2 Å². The zero-order valence-corrected chi connectivity index (χ0v) is 14.8. The van der Waals surface area contributed by atoms with Crippen LogP contribution in [-0.4, -0.2) is 43.6 Å². The summed E-state index contributed by atoms with van der Waals surface area (Å²) in [6.07, 6.45) is 5.24. The molecule has 0 spiro atoms. The minimum absolute atomic E-state index is 0.119. The first kappa shape index (κ1) is 19.7. The van der Waals surface area contributed by atoms with Crippen LogP contribution in [0.5, 0.6) is 5.75 Å². The zero-order valence-electron chi connectivity index (χ0n) is 14.8. The van der Waals surface area contributed by atoms with E-state index in [1.807, 2.05) is 38.1 Å². The number of amides is 1. The molecule has 0 bridgehead atoms. The van der Waals surface area contributed by atoms with Crippen LogP contribution in [0.3, 0.4) is 0 Å². The van der Waals surface area contributed by atoms with Gasteiger partial charge in [0.05, 0.1) is 20.1 Å². The number of nitrogens with zero attached hydrogens (tertiary/aromatic N) is 1. The first-order valence-corrected chi connectivity index (χ1v) is 8.38. The van der Waals surface area contributed by atoms with Crippen molar-refractivity contribution in [2.45, 2.75) is 33.1 Å². The Morgan fingerprint density at radius 1 is 1.12 bits per heavy atom. The number of carbonyl (C=O) groups is 2. The van der Waals surface area contributed by atoms with Gasteiger partial charge >= 0.3 is 5.97 Å². The molecule has 24 heavy (non-hydrogen) atoms. The smallest absolute Gasteiger partial charge is 0.307 e. The van der Waals surface area contributed by atoms with E-state index < -0.39 is 0 Å². The maximum absolute atomic E-state index is 12.4. The van der Waals surface area contributed by atoms with Crippen molar-refractivity contribution in [3.63, 3.8) is 0 Å². The summed E-state index contributed by atoms with van der Waals surface area (Å²) >= 11 is 0. The molecular weight excluding hydrogens is 306 g/mol. The molecular formula is C19H27NO4. The third-order valence-corrected chi connectivity index (χ3v) is 3.40. The second kappa shape index (κ2) is 11.3. The monoisotopic (exact) mass is 333 g/mol. The fourth-order valence-corrected chi connectivity index (χ4v) is 2.16. The number of hydrogen-bond acceptors (Lipinski definition) is 4. The minimum atomic E-state index is -0.314. The Morgan fingerprint density at radius 3 is 2.54 bits per heavy atom. The summed E-state index contributed by atoms with van der Waals surface area (Å²) in [5.74, 6) is 0.331. The topological polar surface area (TPSA) is 55.8 Å². The standard InChI is InChI=1S/C19H27NO4/c1-4-13-20(14-12-19(22)23-3)18(21)11-10-16-8-6-7-9-17(16)24-15-5-2/h6-11H,4-5,12-15H2,1-3H3/b11-10+. The minimum Gasteiger partial charge on any atom is -0.493 e. The molecule has 1 rings (SSSR count). The molecule has 0 unspecified atom stereocenters. The van der Waals surface area contributed by atoms with Crippen LogP contribution in [0.25, 0.3) is 6.08 Å². The van der Waals surface area contributed by atoms with Gasteiger partial charge in [-0.3, -0.25) is 9.59 Å². The molecule has 0 heterocycles. The van der Waals surface area contributed by atoms with Crippen molar-refractivity contribution < 1.29 is 19.1 Å². The highest BCUT2D eigenvalue weighted by molar-refractivity contribution is 5.92. The van der Waals surface area contributed by atoms with Crippen molar-refractivity contribution in [1.82, 2.24) is 4.90 Å². The lowest BCUT2D eigenvalue weighted by Gasteiger charge is -2.19. The molecule has 0 atom stereocenters. The Bertz CT molecular complexity index is 554. The molecule has 1 aromatic rings. The van der Waals surface area contributed by atoms with E-state index in [1.54, 1.807) is 11.0 Å². The van der Waals surface area contributed by atoms with Gasteiger partial charge in [0, 0.05) is 24.7 Å². The zero-order chi connectivity index (χ0) is 17.8. The van der Waals surface area contributed by atoms with Gasteiger partial charge < -0.3 is 14.4 Å². The van der Waals surface area contributed by atoms with E-state index >= 15 is 0 Å². The van der Waals surface area contributed by atoms with Gasteiger partial charge in [-0.25, -0.2) is 0 Å². The van der Waals surface area contributed by atoms with Crippen molar-refractivity contribution in [3.8, 4) is 5.75 Å². The van der Waals surface area contributed by atoms with Gasteiger partial charge in [0.2, 0.25) is 5.91 Å². The lowest BCUT2D eigenvalue weighted by molar-refractivity contribution is -0.141. The average molecular weight is 333 g/mol. The SMILES string of the molecule is CCCOc1ccccc1/C=C/C(=O)N(CCC)CCC(=O)OC. The Balaban J connectivity index is 2.75. The lowest BCUT2D eigenvalue weighted by atomic mass is 10.2. The number of esters is 1. The Kier molecular flexibility index (Phi) is 9.27. The third-order valence-electron chi connectivity index (χ3n) is 3.40. The van der Waals surface area contributed by atoms with E-state index in [9.17, 15) is 9.59 Å². The van der Waals surface area contributed by atoms with Gasteiger partial charge in [0.25, 0.3) is 0 Å². The molecule has 0 aromatic heterocycles. The number of rotatable bonds is 10. The normalized spacial score (nSPS) is 10.6. The highest BCUT2D eigenvalue weighted by Gasteiger charge is 2.12. The predicted molar refractivity (Wildman–Crippen MR) is 94.8 cm³/mol. The van der Waals surface area contributed by atoms with Gasteiger partial charge in [-0.15, -0.1) is 0 Å². The number of ether oxygens (including phenoxy) is 2. The van der Waals surface area contributed by atoms with E-state index in [-0.39, 0.29) is 18.3 Å². The van der Waals surface area contributed by atoms with Crippen molar-refractivity contribution in [1.29, 1.82) is 0 Å². The summed E-state index contributed by atoms with van der Waals surface area (Å²) in [5.41, 5.74) is 0.865. The first-order chi connectivity index (χ1) is 11.6. The second-order valence-corrected chi connectivity index (χ2v) is 5.37. The summed E-state index contributed by atoms with van der Waals surface area (Å²) in [6.45, 7) is 5.65. The Labute approximate surface area is 144 Å². The molecule has 0 fully saturated rings. The molecule has 1 aromatic carbocycles. The van der Waals surface area contributed by atoms with E-state index in [0.29, 0.717) is 19.7 Å². The second-order valence-electron chi connectivity index (χ2n) is 5.37. The molecule has 0 N–H and O–H groups in total. The molecule has 132 valence electrons. The number of carbonyl (C=O) groups excluding carboxylic acids is 2. The fraction of sp³-hybridized carbons (Fsp3) is 0.474. The van der Waals surface area contributed by atoms with Gasteiger partial charge in [0.15, 0.2) is 0 Å². The molecule has 0 saturated carbocycles. The van der Waals surface area contributed by atoms with Crippen LogP contribution in [0.15, 0.2) is 30.3 Å². The fourth-order valence-electron chi connectivity index (χ4n) is 2.16. The molecule has 0 radical (unpaired) electrons. The van der Waals surface area contributed by atoms with Crippen LogP contribution in [0.2, 0.25) is 0 Å². The van der Waals surface area contributed by atoms with Crippen molar-refractivity contribution in [3.05, 3.63) is 35.9 Å². The van der Waals surface area contributed by atoms with E-state index in [4.69, 9.17) is 4.74 Å². The molecule has 5 nitrogen and oxygen atoms in total. The van der Waals surface area contributed by atoms with Gasteiger partial charge in [-0.2, -0.15) is 0 Å².